The lowest BCUT2D eigenvalue weighted by molar-refractivity contribution is -0.144. The second-order valence-corrected chi connectivity index (χ2v) is 13.0. The van der Waals surface area contributed by atoms with Crippen LogP contribution < -0.4 is 48.7 Å². The highest BCUT2D eigenvalue weighted by Crippen LogP contribution is 2.19. The van der Waals surface area contributed by atoms with Gasteiger partial charge in [-0.25, -0.2) is 4.79 Å². The van der Waals surface area contributed by atoms with Crippen molar-refractivity contribution in [1.82, 2.24) is 42.2 Å². The highest BCUT2D eigenvalue weighted by molar-refractivity contribution is 5.98. The standard InChI is InChI=1S/C34H47N11O12/c35-34(36)38-10-4-8-21(30(53)45-24(33(56)57)11-17-14-39-19-6-2-1-5-18(17)19)43-32(55)23(13-28(50)51)44-31(54)22(12-27(48)49)42-26(47)16-40-25(46)15-41-29(52)20-7-3-9-37-20/h1-2,5-6,14,20-24,37,39H,3-4,7-13,15-16H2,(H,40,46)(H,41,52)(H,42,47)(H,43,55)(H,44,54)(H,45,53)(H,48,49)(H,50,51)(H,56,57)(H4,35,36,38)/t20-,21-,22-,23-,24-/m0/s1. The predicted octanol–water partition coefficient (Wildman–Crippen LogP) is -4.28. The smallest absolute Gasteiger partial charge is 0.326 e. The maximum Gasteiger partial charge on any atom is 0.326 e. The molecule has 1 aromatic heterocycles. The van der Waals surface area contributed by atoms with Crippen LogP contribution in [-0.2, 0) is 49.6 Å². The number of aliphatic carboxylic acids is 3. The van der Waals surface area contributed by atoms with E-state index in [0.717, 1.165) is 11.9 Å². The first kappa shape index (κ1) is 44.6. The second kappa shape index (κ2) is 21.9. The molecule has 1 aromatic carbocycles. The topological polar surface area (TPSA) is 379 Å². The monoisotopic (exact) mass is 801 g/mol. The third-order valence-electron chi connectivity index (χ3n) is 8.58. The zero-order valence-electron chi connectivity index (χ0n) is 30.7. The number of nitrogens with two attached hydrogens (primary N) is 2. The molecule has 1 aliphatic heterocycles. The minimum absolute atomic E-state index is 0.0153. The molecule has 0 saturated carbocycles. The maximum atomic E-state index is 13.5. The molecule has 0 bridgehead atoms. The van der Waals surface area contributed by atoms with Gasteiger partial charge in [-0.1, -0.05) is 18.2 Å². The molecule has 1 fully saturated rings. The molecule has 3 rings (SSSR count). The fourth-order valence-electron chi connectivity index (χ4n) is 5.76. The van der Waals surface area contributed by atoms with Crippen LogP contribution in [0, 0.1) is 0 Å². The third-order valence-corrected chi connectivity index (χ3v) is 8.58. The highest BCUT2D eigenvalue weighted by Gasteiger charge is 2.33. The first-order valence-corrected chi connectivity index (χ1v) is 17.8. The van der Waals surface area contributed by atoms with Crippen LogP contribution in [0.5, 0.6) is 0 Å². The van der Waals surface area contributed by atoms with Gasteiger partial charge in [0.15, 0.2) is 5.96 Å². The Hall–Kier alpha value is -6.78. The summed E-state index contributed by atoms with van der Waals surface area (Å²) >= 11 is 0. The van der Waals surface area contributed by atoms with Gasteiger partial charge in [0.25, 0.3) is 0 Å². The lowest BCUT2D eigenvalue weighted by Crippen LogP contribution is -2.58. The van der Waals surface area contributed by atoms with Crippen molar-refractivity contribution in [3.63, 3.8) is 0 Å². The number of amides is 6. The van der Waals surface area contributed by atoms with E-state index in [-0.39, 0.29) is 31.8 Å². The lowest BCUT2D eigenvalue weighted by atomic mass is 10.0. The van der Waals surface area contributed by atoms with E-state index in [4.69, 9.17) is 11.5 Å². The fraction of sp³-hybridized carbons (Fsp3) is 0.471. The first-order chi connectivity index (χ1) is 27.0. The number of fused-ring (bicyclic) bond motifs is 1. The van der Waals surface area contributed by atoms with E-state index >= 15 is 0 Å². The molecular formula is C34H47N11O12. The Morgan fingerprint density at radius 3 is 1.98 bits per heavy atom. The fourth-order valence-corrected chi connectivity index (χ4v) is 5.76. The summed E-state index contributed by atoms with van der Waals surface area (Å²) in [5.41, 5.74) is 12.0. The van der Waals surface area contributed by atoms with E-state index < -0.39 is 109 Å². The van der Waals surface area contributed by atoms with Crippen molar-refractivity contribution in [2.24, 2.45) is 16.5 Å². The predicted molar refractivity (Wildman–Crippen MR) is 199 cm³/mol. The maximum absolute atomic E-state index is 13.5. The van der Waals surface area contributed by atoms with Crippen LogP contribution in [0.4, 0.5) is 0 Å². The molecule has 0 spiro atoms. The Morgan fingerprint density at radius 2 is 1.37 bits per heavy atom. The Morgan fingerprint density at radius 1 is 0.772 bits per heavy atom. The SMILES string of the molecule is NC(N)=NCCC[C@H](NC(=O)[C@H](CC(=O)O)NC(=O)[C@H](CC(=O)O)NC(=O)CNC(=O)CNC(=O)[C@@H]1CCCN1)C(=O)N[C@@H](Cc1c[nH]c2ccccc12)C(=O)O. The van der Waals surface area contributed by atoms with Crippen LogP contribution in [0.15, 0.2) is 35.5 Å². The van der Waals surface area contributed by atoms with E-state index in [2.05, 4.69) is 47.2 Å². The molecule has 23 nitrogen and oxygen atoms in total. The number of rotatable bonds is 23. The summed E-state index contributed by atoms with van der Waals surface area (Å²) in [7, 11) is 0. The number of hydrogen-bond donors (Lipinski definition) is 13. The molecule has 15 N–H and O–H groups in total. The molecule has 0 radical (unpaired) electrons. The summed E-state index contributed by atoms with van der Waals surface area (Å²) in [5, 5.41) is 46.0. The number of hydrogen-bond acceptors (Lipinski definition) is 11. The number of benzene rings is 1. The molecule has 0 aliphatic carbocycles. The second-order valence-electron chi connectivity index (χ2n) is 13.0. The average molecular weight is 802 g/mol. The van der Waals surface area contributed by atoms with Gasteiger partial charge in [-0.2, -0.15) is 0 Å². The molecule has 6 amide bonds. The molecule has 0 unspecified atom stereocenters. The van der Waals surface area contributed by atoms with E-state index in [0.29, 0.717) is 23.9 Å². The molecule has 1 saturated heterocycles. The molecule has 57 heavy (non-hydrogen) atoms. The molecule has 1 aliphatic rings. The third kappa shape index (κ3) is 15.1. The Kier molecular flexibility index (Phi) is 17.2. The van der Waals surface area contributed by atoms with Crippen LogP contribution in [-0.4, -0.2) is 136 Å². The van der Waals surface area contributed by atoms with E-state index in [1.54, 1.807) is 30.5 Å². The van der Waals surface area contributed by atoms with Gasteiger partial charge in [-0.15, -0.1) is 0 Å². The number of nitrogens with one attached hydrogen (secondary N) is 8. The van der Waals surface area contributed by atoms with Gasteiger partial charge in [-0.3, -0.25) is 43.3 Å². The van der Waals surface area contributed by atoms with Gasteiger partial charge in [-0.05, 0) is 43.9 Å². The molecule has 310 valence electrons. The van der Waals surface area contributed by atoms with Gasteiger partial charge in [0.1, 0.15) is 24.2 Å². The van der Waals surface area contributed by atoms with E-state index in [1.807, 2.05) is 0 Å². The summed E-state index contributed by atoms with van der Waals surface area (Å²) in [4.78, 5) is 119. The highest BCUT2D eigenvalue weighted by atomic mass is 16.4. The van der Waals surface area contributed by atoms with Crippen molar-refractivity contribution in [1.29, 1.82) is 0 Å². The Bertz CT molecular complexity index is 1840. The van der Waals surface area contributed by atoms with E-state index in [9.17, 15) is 58.5 Å². The van der Waals surface area contributed by atoms with Crippen LogP contribution in [0.2, 0.25) is 0 Å². The minimum atomic E-state index is -1.93. The summed E-state index contributed by atoms with van der Waals surface area (Å²) < 4.78 is 0. The number of aromatic nitrogens is 1. The number of carbonyl (C=O) groups excluding carboxylic acids is 6. The van der Waals surface area contributed by atoms with Gasteiger partial charge in [0.05, 0.1) is 32.0 Å². The normalized spacial score (nSPS) is 15.5. The average Bonchev–Trinajstić information content (AvgIpc) is 3.84. The Balaban J connectivity index is 1.69. The number of carbonyl (C=O) groups is 9. The van der Waals surface area contributed by atoms with Crippen molar-refractivity contribution in [3.05, 3.63) is 36.0 Å². The van der Waals surface area contributed by atoms with Gasteiger partial charge in [0, 0.05) is 30.1 Å². The number of carboxylic acid groups (broad SMARTS) is 3. The van der Waals surface area contributed by atoms with Gasteiger partial charge < -0.3 is 69.0 Å². The summed E-state index contributed by atoms with van der Waals surface area (Å²) in [6.07, 6.45) is 0.602. The zero-order valence-corrected chi connectivity index (χ0v) is 30.7. The summed E-state index contributed by atoms with van der Waals surface area (Å²) in [6.45, 7) is -0.575. The molecule has 2 aromatic rings. The largest absolute Gasteiger partial charge is 0.481 e. The Labute approximate surface area is 324 Å². The number of nitrogens with zero attached hydrogens (tertiary/aromatic N) is 1. The first-order valence-electron chi connectivity index (χ1n) is 17.8. The quantitative estimate of drug-likeness (QED) is 0.0287. The molecule has 5 atom stereocenters. The van der Waals surface area contributed by atoms with Gasteiger partial charge in [0.2, 0.25) is 35.4 Å². The van der Waals surface area contributed by atoms with Crippen LogP contribution >= 0.6 is 0 Å². The van der Waals surface area contributed by atoms with E-state index in [1.165, 1.54) is 0 Å². The molecule has 23 heteroatoms. The zero-order chi connectivity index (χ0) is 42.1. The van der Waals surface area contributed by atoms with Crippen molar-refractivity contribution in [2.75, 3.05) is 26.2 Å². The van der Waals surface area contributed by atoms with Crippen molar-refractivity contribution in [3.8, 4) is 0 Å². The van der Waals surface area contributed by atoms with Crippen molar-refractivity contribution < 1.29 is 58.5 Å². The molecular weight excluding hydrogens is 754 g/mol. The van der Waals surface area contributed by atoms with Crippen molar-refractivity contribution in [2.45, 2.75) is 75.2 Å². The van der Waals surface area contributed by atoms with Crippen LogP contribution in [0.25, 0.3) is 10.9 Å². The number of aromatic amines is 1. The molecule has 2 heterocycles. The lowest BCUT2D eigenvalue weighted by Gasteiger charge is -2.25. The number of H-pyrrole nitrogens is 1. The van der Waals surface area contributed by atoms with Crippen LogP contribution in [0.1, 0.15) is 44.1 Å². The van der Waals surface area contributed by atoms with Crippen LogP contribution in [0.3, 0.4) is 0 Å². The summed E-state index contributed by atoms with van der Waals surface area (Å²) in [5.74, 6) is -10.5. The van der Waals surface area contributed by atoms with Gasteiger partial charge >= 0.3 is 17.9 Å². The summed E-state index contributed by atoms with van der Waals surface area (Å²) in [6, 6.07) is -0.188. The number of para-hydroxylation sites is 1. The number of guanidine groups is 1. The number of aliphatic imine (C=N–C) groups is 1. The van der Waals surface area contributed by atoms with Crippen molar-refractivity contribution >= 4 is 70.2 Å². The minimum Gasteiger partial charge on any atom is -0.481 e. The number of carboxylic acids is 3.